The maximum atomic E-state index is 12.9. The number of hydrogen-bond donors (Lipinski definition) is 0. The van der Waals surface area contributed by atoms with E-state index in [0.29, 0.717) is 30.3 Å². The molecule has 29 heavy (non-hydrogen) atoms. The zero-order valence-corrected chi connectivity index (χ0v) is 17.0. The van der Waals surface area contributed by atoms with Crippen LogP contribution in [-0.2, 0) is 19.5 Å². The maximum Gasteiger partial charge on any atom is 0.231 e. The number of carbonyl (C=O) groups is 1. The van der Waals surface area contributed by atoms with Gasteiger partial charge in [0.15, 0.2) is 5.76 Å². The van der Waals surface area contributed by atoms with Gasteiger partial charge in [-0.25, -0.2) is 0 Å². The van der Waals surface area contributed by atoms with Crippen molar-refractivity contribution in [1.29, 1.82) is 0 Å². The number of allylic oxidation sites excluding steroid dienone is 1. The average molecular weight is 404 g/mol. The average Bonchev–Trinajstić information content (AvgIpc) is 3.37. The van der Waals surface area contributed by atoms with Gasteiger partial charge in [-0.3, -0.25) is 9.69 Å². The minimum absolute atomic E-state index is 0.0715. The van der Waals surface area contributed by atoms with Crippen molar-refractivity contribution in [2.45, 2.75) is 26.4 Å². The molecule has 1 aromatic heterocycles. The maximum absolute atomic E-state index is 12.9. The number of fused-ring (bicyclic) bond motifs is 3. The van der Waals surface area contributed by atoms with Gasteiger partial charge in [-0.2, -0.15) is 0 Å². The SMILES string of the molecule is CCc1ccc(/C=C2\Oc3c(ccc4c3CN(Cc3cccs3)CO4)C2=O)cc1. The number of benzene rings is 2. The fraction of sp³-hybridized carbons (Fsp3) is 0.208. The molecule has 4 nitrogen and oxygen atoms in total. The molecule has 5 heteroatoms. The Morgan fingerprint density at radius 3 is 2.76 bits per heavy atom. The molecule has 146 valence electrons. The van der Waals surface area contributed by atoms with Crippen LogP contribution in [0.2, 0.25) is 0 Å². The van der Waals surface area contributed by atoms with Crippen molar-refractivity contribution in [3.8, 4) is 11.5 Å². The van der Waals surface area contributed by atoms with Gasteiger partial charge in [-0.1, -0.05) is 37.3 Å². The summed E-state index contributed by atoms with van der Waals surface area (Å²) in [5, 5.41) is 2.08. The second-order valence-corrected chi connectivity index (χ2v) is 8.33. The lowest BCUT2D eigenvalue weighted by molar-refractivity contribution is 0.0882. The Bertz CT molecular complexity index is 1080. The van der Waals surface area contributed by atoms with Crippen LogP contribution in [0, 0.1) is 0 Å². The molecular weight excluding hydrogens is 382 g/mol. The van der Waals surface area contributed by atoms with Crippen LogP contribution >= 0.6 is 11.3 Å². The van der Waals surface area contributed by atoms with Crippen LogP contribution in [0.4, 0.5) is 0 Å². The normalized spacial score (nSPS) is 17.0. The van der Waals surface area contributed by atoms with E-state index in [9.17, 15) is 4.79 Å². The van der Waals surface area contributed by atoms with Crippen molar-refractivity contribution in [3.05, 3.63) is 86.8 Å². The lowest BCUT2D eigenvalue weighted by atomic mass is 10.0. The Hall–Kier alpha value is -2.89. The smallest absolute Gasteiger partial charge is 0.231 e. The number of ether oxygens (including phenoxy) is 2. The van der Waals surface area contributed by atoms with Crippen LogP contribution in [0.3, 0.4) is 0 Å². The van der Waals surface area contributed by atoms with Crippen LogP contribution in [0.15, 0.2) is 59.7 Å². The molecule has 0 atom stereocenters. The summed E-state index contributed by atoms with van der Waals surface area (Å²) in [5.74, 6) is 1.73. The number of nitrogens with zero attached hydrogens (tertiary/aromatic N) is 1. The minimum Gasteiger partial charge on any atom is -0.478 e. The van der Waals surface area contributed by atoms with Gasteiger partial charge in [0.2, 0.25) is 5.78 Å². The first-order valence-electron chi connectivity index (χ1n) is 9.78. The lowest BCUT2D eigenvalue weighted by Gasteiger charge is -2.29. The van der Waals surface area contributed by atoms with Gasteiger partial charge in [-0.05, 0) is 47.2 Å². The molecule has 3 aromatic rings. The van der Waals surface area contributed by atoms with Crippen molar-refractivity contribution in [1.82, 2.24) is 4.90 Å². The third kappa shape index (κ3) is 3.48. The van der Waals surface area contributed by atoms with Crippen molar-refractivity contribution < 1.29 is 14.3 Å². The van der Waals surface area contributed by atoms with Crippen LogP contribution in [-0.4, -0.2) is 17.4 Å². The molecule has 0 spiro atoms. The van der Waals surface area contributed by atoms with Crippen LogP contribution in [0.1, 0.15) is 38.8 Å². The van der Waals surface area contributed by atoms with E-state index >= 15 is 0 Å². The number of ketones is 1. The van der Waals surface area contributed by atoms with E-state index in [1.54, 1.807) is 11.3 Å². The van der Waals surface area contributed by atoms with E-state index in [1.165, 1.54) is 10.4 Å². The molecule has 0 aliphatic carbocycles. The number of carbonyl (C=O) groups excluding carboxylic acids is 1. The van der Waals surface area contributed by atoms with Crippen molar-refractivity contribution in [2.75, 3.05) is 6.73 Å². The van der Waals surface area contributed by atoms with Crippen molar-refractivity contribution in [2.24, 2.45) is 0 Å². The Labute approximate surface area is 174 Å². The molecule has 0 bridgehead atoms. The summed E-state index contributed by atoms with van der Waals surface area (Å²) in [7, 11) is 0. The molecule has 5 rings (SSSR count). The van der Waals surface area contributed by atoms with Crippen molar-refractivity contribution >= 4 is 23.2 Å². The highest BCUT2D eigenvalue weighted by Gasteiger charge is 2.33. The first-order valence-corrected chi connectivity index (χ1v) is 10.7. The van der Waals surface area contributed by atoms with Crippen LogP contribution in [0.25, 0.3) is 6.08 Å². The summed E-state index contributed by atoms with van der Waals surface area (Å²) in [6, 6.07) is 16.1. The highest BCUT2D eigenvalue weighted by molar-refractivity contribution is 7.09. The fourth-order valence-electron chi connectivity index (χ4n) is 3.73. The molecule has 0 N–H and O–H groups in total. The highest BCUT2D eigenvalue weighted by atomic mass is 32.1. The van der Waals surface area contributed by atoms with Crippen molar-refractivity contribution in [3.63, 3.8) is 0 Å². The summed E-state index contributed by atoms with van der Waals surface area (Å²) in [5.41, 5.74) is 3.79. The molecule has 0 saturated carbocycles. The summed E-state index contributed by atoms with van der Waals surface area (Å²) in [6.45, 7) is 4.17. The Morgan fingerprint density at radius 1 is 1.14 bits per heavy atom. The van der Waals surface area contributed by atoms with Crippen LogP contribution in [0.5, 0.6) is 11.5 Å². The third-order valence-electron chi connectivity index (χ3n) is 5.33. The predicted octanol–water partition coefficient (Wildman–Crippen LogP) is 5.28. The van der Waals surface area contributed by atoms with Gasteiger partial charge in [0.1, 0.15) is 18.2 Å². The molecule has 0 fully saturated rings. The van der Waals surface area contributed by atoms with E-state index in [-0.39, 0.29) is 5.78 Å². The Morgan fingerprint density at radius 2 is 2.00 bits per heavy atom. The van der Waals surface area contributed by atoms with Gasteiger partial charge in [-0.15, -0.1) is 11.3 Å². The zero-order valence-electron chi connectivity index (χ0n) is 16.2. The number of aryl methyl sites for hydroxylation is 1. The van der Waals surface area contributed by atoms with Crippen LogP contribution < -0.4 is 9.47 Å². The summed E-state index contributed by atoms with van der Waals surface area (Å²) >= 11 is 1.74. The molecule has 2 aromatic carbocycles. The first-order chi connectivity index (χ1) is 14.2. The molecule has 2 aliphatic rings. The summed E-state index contributed by atoms with van der Waals surface area (Å²) < 4.78 is 12.0. The summed E-state index contributed by atoms with van der Waals surface area (Å²) in [4.78, 5) is 16.4. The molecule has 3 heterocycles. The van der Waals surface area contributed by atoms with E-state index in [4.69, 9.17) is 9.47 Å². The summed E-state index contributed by atoms with van der Waals surface area (Å²) in [6.07, 6.45) is 2.81. The zero-order chi connectivity index (χ0) is 19.8. The number of rotatable bonds is 4. The van der Waals surface area contributed by atoms with E-state index in [2.05, 4.69) is 41.5 Å². The monoisotopic (exact) mass is 403 g/mol. The molecule has 2 aliphatic heterocycles. The second-order valence-electron chi connectivity index (χ2n) is 7.29. The number of hydrogen-bond acceptors (Lipinski definition) is 5. The Balaban J connectivity index is 1.42. The van der Waals surface area contributed by atoms with Gasteiger partial charge in [0, 0.05) is 18.0 Å². The van der Waals surface area contributed by atoms with E-state index in [0.717, 1.165) is 29.8 Å². The molecule has 0 radical (unpaired) electrons. The van der Waals surface area contributed by atoms with E-state index in [1.807, 2.05) is 30.3 Å². The van der Waals surface area contributed by atoms with Gasteiger partial charge in [0.05, 0.1) is 11.1 Å². The largest absolute Gasteiger partial charge is 0.478 e. The quantitative estimate of drug-likeness (QED) is 0.556. The number of Topliss-reactive ketones (excluding diaryl/α,β-unsaturated/α-hetero) is 1. The second kappa shape index (κ2) is 7.50. The minimum atomic E-state index is -0.0715. The lowest BCUT2D eigenvalue weighted by Crippen LogP contribution is -2.31. The predicted molar refractivity (Wildman–Crippen MR) is 114 cm³/mol. The van der Waals surface area contributed by atoms with Gasteiger partial charge in [0.25, 0.3) is 0 Å². The third-order valence-corrected chi connectivity index (χ3v) is 6.19. The standard InChI is InChI=1S/C24H21NO3S/c1-2-16-5-7-17(8-6-16)12-22-23(26)19-9-10-21-20(24(19)28-22)14-25(15-27-21)13-18-4-3-11-29-18/h3-12H,2,13-15H2,1H3/b22-12-. The van der Waals surface area contributed by atoms with Gasteiger partial charge >= 0.3 is 0 Å². The molecule has 0 saturated heterocycles. The topological polar surface area (TPSA) is 38.8 Å². The molecule has 0 amide bonds. The number of thiophene rings is 1. The van der Waals surface area contributed by atoms with Gasteiger partial charge < -0.3 is 9.47 Å². The first kappa shape index (κ1) is 18.2. The fourth-order valence-corrected chi connectivity index (χ4v) is 4.48. The Kier molecular flexibility index (Phi) is 4.70. The molecular formula is C24H21NO3S. The highest BCUT2D eigenvalue weighted by Crippen LogP contribution is 2.42. The van der Waals surface area contributed by atoms with E-state index < -0.39 is 0 Å². The molecule has 0 unspecified atom stereocenters.